The fourth-order valence-electron chi connectivity index (χ4n) is 3.30. The average Bonchev–Trinajstić information content (AvgIpc) is 3.12. The van der Waals surface area contributed by atoms with Gasteiger partial charge in [0.25, 0.3) is 0 Å². The Morgan fingerprint density at radius 1 is 1.28 bits per heavy atom. The molecule has 0 N–H and O–H groups in total. The molecule has 0 radical (unpaired) electrons. The van der Waals surface area contributed by atoms with E-state index in [1.54, 1.807) is 6.07 Å². The zero-order valence-electron chi connectivity index (χ0n) is 14.3. The van der Waals surface area contributed by atoms with Crippen LogP contribution >= 0.6 is 0 Å². The Bertz CT molecular complexity index is 894. The Kier molecular flexibility index (Phi) is 4.07. The van der Waals surface area contributed by atoms with Gasteiger partial charge in [0.1, 0.15) is 18.0 Å². The van der Waals surface area contributed by atoms with Crippen molar-refractivity contribution in [2.24, 2.45) is 0 Å². The maximum absolute atomic E-state index is 13.7. The van der Waals surface area contributed by atoms with E-state index in [2.05, 4.69) is 25.0 Å². The summed E-state index contributed by atoms with van der Waals surface area (Å²) in [5.74, 6) is 2.30. The van der Waals surface area contributed by atoms with E-state index >= 15 is 0 Å². The summed E-state index contributed by atoms with van der Waals surface area (Å²) in [6.45, 7) is 5.67. The summed E-state index contributed by atoms with van der Waals surface area (Å²) >= 11 is 0. The Morgan fingerprint density at radius 3 is 2.96 bits per heavy atom. The molecule has 1 aromatic carbocycles. The fourth-order valence-corrected chi connectivity index (χ4v) is 3.30. The number of anilines is 1. The molecule has 1 saturated heterocycles. The minimum atomic E-state index is -0.281. The van der Waals surface area contributed by atoms with Crippen LogP contribution in [0.5, 0.6) is 0 Å². The van der Waals surface area contributed by atoms with E-state index in [4.69, 9.17) is 4.52 Å². The van der Waals surface area contributed by atoms with Gasteiger partial charge in [0.15, 0.2) is 5.82 Å². The Labute approximate surface area is 145 Å². The standard InChI is InChI=1S/C18H20FN5O/c1-11(2)18-22-16(23-25-18)12-4-3-7-24(9-12)17-14-8-13(19)5-6-15(14)20-10-21-17/h5-6,8,10-12H,3-4,7,9H2,1-2H3. The van der Waals surface area contributed by atoms with Crippen molar-refractivity contribution in [1.29, 1.82) is 0 Å². The summed E-state index contributed by atoms with van der Waals surface area (Å²) in [5, 5.41) is 4.90. The predicted molar refractivity (Wildman–Crippen MR) is 92.1 cm³/mol. The smallest absolute Gasteiger partial charge is 0.229 e. The molecule has 3 aromatic rings. The predicted octanol–water partition coefficient (Wildman–Crippen LogP) is 3.66. The van der Waals surface area contributed by atoms with Crippen LogP contribution in [0.15, 0.2) is 29.0 Å². The molecule has 1 fully saturated rings. The highest BCUT2D eigenvalue weighted by Gasteiger charge is 2.27. The zero-order chi connectivity index (χ0) is 17.4. The first-order valence-corrected chi connectivity index (χ1v) is 8.60. The van der Waals surface area contributed by atoms with Gasteiger partial charge in [-0.3, -0.25) is 0 Å². The third-order valence-electron chi connectivity index (χ3n) is 4.61. The number of aromatic nitrogens is 4. The average molecular weight is 341 g/mol. The minimum absolute atomic E-state index is 0.184. The second kappa shape index (κ2) is 6.38. The van der Waals surface area contributed by atoms with E-state index < -0.39 is 0 Å². The molecule has 1 aliphatic rings. The normalized spacial score (nSPS) is 18.2. The van der Waals surface area contributed by atoms with Gasteiger partial charge < -0.3 is 9.42 Å². The van der Waals surface area contributed by atoms with E-state index in [1.807, 2.05) is 13.8 Å². The lowest BCUT2D eigenvalue weighted by molar-refractivity contribution is 0.354. The second-order valence-corrected chi connectivity index (χ2v) is 6.79. The summed E-state index contributed by atoms with van der Waals surface area (Å²) in [6.07, 6.45) is 3.53. The molecule has 0 aliphatic carbocycles. The van der Waals surface area contributed by atoms with Crippen LogP contribution in [0, 0.1) is 5.82 Å². The maximum Gasteiger partial charge on any atom is 0.229 e. The minimum Gasteiger partial charge on any atom is -0.355 e. The number of hydrogen-bond donors (Lipinski definition) is 0. The van der Waals surface area contributed by atoms with Crippen LogP contribution in [-0.2, 0) is 0 Å². The molecule has 25 heavy (non-hydrogen) atoms. The molecule has 0 saturated carbocycles. The van der Waals surface area contributed by atoms with Gasteiger partial charge in [-0.15, -0.1) is 0 Å². The van der Waals surface area contributed by atoms with Crippen LogP contribution in [0.25, 0.3) is 10.9 Å². The first-order valence-electron chi connectivity index (χ1n) is 8.60. The molecular weight excluding hydrogens is 321 g/mol. The van der Waals surface area contributed by atoms with E-state index in [1.165, 1.54) is 18.5 Å². The molecule has 130 valence electrons. The zero-order valence-corrected chi connectivity index (χ0v) is 14.3. The Morgan fingerprint density at radius 2 is 2.16 bits per heavy atom. The molecule has 0 bridgehead atoms. The number of rotatable bonds is 3. The Balaban J connectivity index is 1.64. The second-order valence-electron chi connectivity index (χ2n) is 6.79. The number of nitrogens with zero attached hydrogens (tertiary/aromatic N) is 5. The van der Waals surface area contributed by atoms with Gasteiger partial charge in [-0.05, 0) is 31.0 Å². The SMILES string of the molecule is CC(C)c1nc(C2CCCN(c3ncnc4ccc(F)cc34)C2)no1. The maximum atomic E-state index is 13.7. The third-order valence-corrected chi connectivity index (χ3v) is 4.61. The number of fused-ring (bicyclic) bond motifs is 1. The van der Waals surface area contributed by atoms with Crippen molar-refractivity contribution in [3.63, 3.8) is 0 Å². The number of halogens is 1. The number of benzene rings is 1. The molecule has 1 aliphatic heterocycles. The Hall–Kier alpha value is -2.57. The molecular formula is C18H20FN5O. The highest BCUT2D eigenvalue weighted by molar-refractivity contribution is 5.89. The van der Waals surface area contributed by atoms with Gasteiger partial charge in [-0.1, -0.05) is 19.0 Å². The van der Waals surface area contributed by atoms with Crippen molar-refractivity contribution in [2.45, 2.75) is 38.5 Å². The molecule has 0 spiro atoms. The van der Waals surface area contributed by atoms with Crippen molar-refractivity contribution in [3.05, 3.63) is 42.1 Å². The van der Waals surface area contributed by atoms with Crippen LogP contribution in [0.4, 0.5) is 10.2 Å². The molecule has 6 nitrogen and oxygen atoms in total. The summed E-state index contributed by atoms with van der Waals surface area (Å²) in [4.78, 5) is 15.4. The van der Waals surface area contributed by atoms with Gasteiger partial charge in [-0.2, -0.15) is 4.98 Å². The van der Waals surface area contributed by atoms with Gasteiger partial charge in [-0.25, -0.2) is 14.4 Å². The van der Waals surface area contributed by atoms with Gasteiger partial charge in [0.05, 0.1) is 5.52 Å². The summed E-state index contributed by atoms with van der Waals surface area (Å²) in [7, 11) is 0. The van der Waals surface area contributed by atoms with Crippen molar-refractivity contribution in [1.82, 2.24) is 20.1 Å². The molecule has 2 aromatic heterocycles. The first-order chi connectivity index (χ1) is 12.1. The third kappa shape index (κ3) is 3.06. The number of piperidine rings is 1. The highest BCUT2D eigenvalue weighted by atomic mass is 19.1. The van der Waals surface area contributed by atoms with E-state index in [-0.39, 0.29) is 17.7 Å². The van der Waals surface area contributed by atoms with Gasteiger partial charge >= 0.3 is 0 Å². The van der Waals surface area contributed by atoms with Crippen LogP contribution in [-0.4, -0.2) is 33.2 Å². The topological polar surface area (TPSA) is 67.9 Å². The lowest BCUT2D eigenvalue weighted by atomic mass is 9.97. The number of hydrogen-bond acceptors (Lipinski definition) is 6. The lowest BCUT2D eigenvalue weighted by Gasteiger charge is -2.32. The van der Waals surface area contributed by atoms with Gasteiger partial charge in [0, 0.05) is 30.3 Å². The lowest BCUT2D eigenvalue weighted by Crippen LogP contribution is -2.35. The largest absolute Gasteiger partial charge is 0.355 e. The highest BCUT2D eigenvalue weighted by Crippen LogP contribution is 2.31. The molecule has 0 amide bonds. The van der Waals surface area contributed by atoms with Crippen LogP contribution in [0.3, 0.4) is 0 Å². The molecule has 3 heterocycles. The quantitative estimate of drug-likeness (QED) is 0.724. The fraction of sp³-hybridized carbons (Fsp3) is 0.444. The van der Waals surface area contributed by atoms with Gasteiger partial charge in [0.2, 0.25) is 5.89 Å². The van der Waals surface area contributed by atoms with Crippen LogP contribution < -0.4 is 4.90 Å². The summed E-state index contributed by atoms with van der Waals surface area (Å²) < 4.78 is 19.0. The summed E-state index contributed by atoms with van der Waals surface area (Å²) in [6, 6.07) is 4.61. The van der Waals surface area contributed by atoms with E-state index in [9.17, 15) is 4.39 Å². The van der Waals surface area contributed by atoms with Crippen molar-refractivity contribution >= 4 is 16.7 Å². The first kappa shape index (κ1) is 15.9. The van der Waals surface area contributed by atoms with E-state index in [0.29, 0.717) is 5.89 Å². The van der Waals surface area contributed by atoms with E-state index in [0.717, 1.165) is 48.5 Å². The summed E-state index contributed by atoms with van der Waals surface area (Å²) in [5.41, 5.74) is 0.746. The van der Waals surface area contributed by atoms with Crippen molar-refractivity contribution in [2.75, 3.05) is 18.0 Å². The van der Waals surface area contributed by atoms with Crippen molar-refractivity contribution in [3.8, 4) is 0 Å². The monoisotopic (exact) mass is 341 g/mol. The molecule has 1 unspecified atom stereocenters. The molecule has 7 heteroatoms. The van der Waals surface area contributed by atoms with Crippen molar-refractivity contribution < 1.29 is 8.91 Å². The molecule has 1 atom stereocenters. The van der Waals surface area contributed by atoms with Crippen LogP contribution in [0.1, 0.15) is 50.2 Å². The van der Waals surface area contributed by atoms with Crippen LogP contribution in [0.2, 0.25) is 0 Å². The molecule has 4 rings (SSSR count).